The Balaban J connectivity index is 1.75. The van der Waals surface area contributed by atoms with E-state index in [0.717, 1.165) is 10.9 Å². The monoisotopic (exact) mass is 343 g/mol. The van der Waals surface area contributed by atoms with Gasteiger partial charge in [0.15, 0.2) is 5.58 Å². The number of nitrogens with zero attached hydrogens (tertiary/aromatic N) is 1. The summed E-state index contributed by atoms with van der Waals surface area (Å²) in [6, 6.07) is 11.5. The van der Waals surface area contributed by atoms with Crippen molar-refractivity contribution in [2.24, 2.45) is 7.05 Å². The van der Waals surface area contributed by atoms with Crippen LogP contribution in [0.25, 0.3) is 22.0 Å². The summed E-state index contributed by atoms with van der Waals surface area (Å²) < 4.78 is 34.0. The summed E-state index contributed by atoms with van der Waals surface area (Å²) in [7, 11) is -2.23. The van der Waals surface area contributed by atoms with Crippen LogP contribution in [0.5, 0.6) is 0 Å². The standard InChI is InChI=1S/C16H13N3O4S/c1-19-14-5-4-12(9-15(14)23-16(19)20)24(21,22)18-11-3-2-10-6-7-17-13(10)8-11/h2-9,17-18H,1H3. The van der Waals surface area contributed by atoms with Crippen LogP contribution in [0.1, 0.15) is 0 Å². The lowest BCUT2D eigenvalue weighted by Crippen LogP contribution is -2.12. The lowest BCUT2D eigenvalue weighted by molar-refractivity contribution is 0.527. The van der Waals surface area contributed by atoms with Crippen molar-refractivity contribution in [3.8, 4) is 0 Å². The average molecular weight is 343 g/mol. The minimum atomic E-state index is -3.80. The summed E-state index contributed by atoms with van der Waals surface area (Å²) in [6.45, 7) is 0. The summed E-state index contributed by atoms with van der Waals surface area (Å²) in [5.41, 5.74) is 2.04. The van der Waals surface area contributed by atoms with Gasteiger partial charge in [-0.15, -0.1) is 0 Å². The molecular weight excluding hydrogens is 330 g/mol. The summed E-state index contributed by atoms with van der Waals surface area (Å²) in [4.78, 5) is 14.6. The highest BCUT2D eigenvalue weighted by molar-refractivity contribution is 7.92. The van der Waals surface area contributed by atoms with E-state index in [1.807, 2.05) is 12.1 Å². The fourth-order valence-electron chi connectivity index (χ4n) is 2.61. The zero-order chi connectivity index (χ0) is 16.9. The maximum Gasteiger partial charge on any atom is 0.419 e. The Labute approximate surface area is 136 Å². The SMILES string of the molecule is Cn1c(=O)oc2cc(S(=O)(=O)Nc3ccc4cc[nH]c4c3)ccc21. The summed E-state index contributed by atoms with van der Waals surface area (Å²) in [5.74, 6) is -0.537. The molecular formula is C16H13N3O4S. The highest BCUT2D eigenvalue weighted by Gasteiger charge is 2.17. The number of hydrogen-bond acceptors (Lipinski definition) is 4. The Bertz CT molecular complexity index is 1230. The van der Waals surface area contributed by atoms with Crippen LogP contribution in [0.3, 0.4) is 0 Å². The van der Waals surface area contributed by atoms with Gasteiger partial charge in [0.25, 0.3) is 10.0 Å². The van der Waals surface area contributed by atoms with Crippen molar-refractivity contribution in [3.63, 3.8) is 0 Å². The van der Waals surface area contributed by atoms with E-state index in [-0.39, 0.29) is 10.5 Å². The summed E-state index contributed by atoms with van der Waals surface area (Å²) in [5, 5.41) is 0.991. The second-order valence-electron chi connectivity index (χ2n) is 5.44. The van der Waals surface area contributed by atoms with Crippen LogP contribution >= 0.6 is 0 Å². The molecule has 2 aromatic heterocycles. The van der Waals surface area contributed by atoms with Crippen molar-refractivity contribution < 1.29 is 12.8 Å². The van der Waals surface area contributed by atoms with E-state index in [2.05, 4.69) is 9.71 Å². The molecule has 2 heterocycles. The number of fused-ring (bicyclic) bond motifs is 2. The lowest BCUT2D eigenvalue weighted by atomic mass is 10.2. The highest BCUT2D eigenvalue weighted by atomic mass is 32.2. The zero-order valence-electron chi connectivity index (χ0n) is 12.6. The Hall–Kier alpha value is -3.00. The molecule has 7 nitrogen and oxygen atoms in total. The van der Waals surface area contributed by atoms with Gasteiger partial charge >= 0.3 is 5.76 Å². The summed E-state index contributed by atoms with van der Waals surface area (Å²) >= 11 is 0. The molecule has 0 unspecified atom stereocenters. The molecule has 0 aliphatic heterocycles. The molecule has 0 spiro atoms. The van der Waals surface area contributed by atoms with Crippen LogP contribution in [0.2, 0.25) is 0 Å². The molecule has 4 rings (SSSR count). The maximum absolute atomic E-state index is 12.6. The Kier molecular flexibility index (Phi) is 3.04. The highest BCUT2D eigenvalue weighted by Crippen LogP contribution is 2.23. The molecule has 2 N–H and O–H groups in total. The average Bonchev–Trinajstić information content (AvgIpc) is 3.11. The van der Waals surface area contributed by atoms with Crippen LogP contribution in [0, 0.1) is 0 Å². The van der Waals surface area contributed by atoms with Gasteiger partial charge in [0, 0.05) is 24.8 Å². The maximum atomic E-state index is 12.6. The Morgan fingerprint density at radius 3 is 2.79 bits per heavy atom. The third-order valence-corrected chi connectivity index (χ3v) is 5.26. The zero-order valence-corrected chi connectivity index (χ0v) is 13.4. The Morgan fingerprint density at radius 2 is 1.96 bits per heavy atom. The van der Waals surface area contributed by atoms with Gasteiger partial charge in [-0.1, -0.05) is 6.07 Å². The fourth-order valence-corrected chi connectivity index (χ4v) is 3.67. The first-order chi connectivity index (χ1) is 11.4. The minimum absolute atomic E-state index is 0.0240. The second kappa shape index (κ2) is 5.00. The van der Waals surface area contributed by atoms with Gasteiger partial charge in [-0.25, -0.2) is 13.2 Å². The van der Waals surface area contributed by atoms with E-state index in [4.69, 9.17) is 4.42 Å². The number of nitrogens with one attached hydrogen (secondary N) is 2. The molecule has 0 saturated carbocycles. The Morgan fingerprint density at radius 1 is 1.12 bits per heavy atom. The molecule has 0 fully saturated rings. The van der Waals surface area contributed by atoms with Gasteiger partial charge in [-0.05, 0) is 35.7 Å². The normalized spacial score (nSPS) is 12.0. The molecule has 0 amide bonds. The van der Waals surface area contributed by atoms with E-state index < -0.39 is 15.8 Å². The number of aromatic nitrogens is 2. The van der Waals surface area contributed by atoms with Gasteiger partial charge in [-0.2, -0.15) is 0 Å². The molecule has 4 aromatic rings. The fraction of sp³-hybridized carbons (Fsp3) is 0.0625. The molecule has 0 bridgehead atoms. The molecule has 0 saturated heterocycles. The largest absolute Gasteiger partial charge is 0.419 e. The summed E-state index contributed by atoms with van der Waals surface area (Å²) in [6.07, 6.45) is 1.79. The van der Waals surface area contributed by atoms with Gasteiger partial charge in [0.05, 0.1) is 16.1 Å². The molecule has 2 aromatic carbocycles. The smallest absolute Gasteiger partial charge is 0.408 e. The van der Waals surface area contributed by atoms with Gasteiger partial charge in [0.2, 0.25) is 0 Å². The number of sulfonamides is 1. The lowest BCUT2D eigenvalue weighted by Gasteiger charge is -2.08. The molecule has 0 radical (unpaired) electrons. The predicted molar refractivity (Wildman–Crippen MR) is 90.6 cm³/mol. The number of benzene rings is 2. The van der Waals surface area contributed by atoms with Crippen molar-refractivity contribution in [2.45, 2.75) is 4.90 Å². The minimum Gasteiger partial charge on any atom is -0.408 e. The number of rotatable bonds is 3. The quantitative estimate of drug-likeness (QED) is 0.597. The van der Waals surface area contributed by atoms with Gasteiger partial charge in [-0.3, -0.25) is 9.29 Å². The second-order valence-corrected chi connectivity index (χ2v) is 7.12. The number of H-pyrrole nitrogens is 1. The molecule has 122 valence electrons. The number of aryl methyl sites for hydroxylation is 1. The molecule has 0 aliphatic rings. The molecule has 0 atom stereocenters. The van der Waals surface area contributed by atoms with Crippen molar-refractivity contribution in [1.29, 1.82) is 0 Å². The van der Waals surface area contributed by atoms with Crippen LogP contribution in [-0.4, -0.2) is 18.0 Å². The number of oxazole rings is 1. The molecule has 24 heavy (non-hydrogen) atoms. The van der Waals surface area contributed by atoms with Gasteiger partial charge in [0.1, 0.15) is 0 Å². The van der Waals surface area contributed by atoms with Crippen molar-refractivity contribution in [1.82, 2.24) is 9.55 Å². The van der Waals surface area contributed by atoms with E-state index in [9.17, 15) is 13.2 Å². The first-order valence-electron chi connectivity index (χ1n) is 7.14. The van der Waals surface area contributed by atoms with Crippen LogP contribution in [0.15, 0.2) is 62.8 Å². The molecule has 0 aliphatic carbocycles. The third-order valence-electron chi connectivity index (χ3n) is 3.88. The predicted octanol–water partition coefficient (Wildman–Crippen LogP) is 2.41. The van der Waals surface area contributed by atoms with Crippen molar-refractivity contribution >= 4 is 37.7 Å². The van der Waals surface area contributed by atoms with E-state index in [1.54, 1.807) is 31.4 Å². The van der Waals surface area contributed by atoms with Crippen molar-refractivity contribution in [3.05, 3.63) is 59.2 Å². The third kappa shape index (κ3) is 2.28. The van der Waals surface area contributed by atoms with Crippen LogP contribution < -0.4 is 10.5 Å². The number of hydrogen-bond donors (Lipinski definition) is 2. The van der Waals surface area contributed by atoms with Crippen LogP contribution in [-0.2, 0) is 17.1 Å². The van der Waals surface area contributed by atoms with Gasteiger partial charge < -0.3 is 9.40 Å². The number of anilines is 1. The van der Waals surface area contributed by atoms with E-state index in [1.165, 1.54) is 16.7 Å². The number of aromatic amines is 1. The first-order valence-corrected chi connectivity index (χ1v) is 8.62. The molecule has 8 heteroatoms. The van der Waals surface area contributed by atoms with Crippen molar-refractivity contribution in [2.75, 3.05) is 4.72 Å². The topological polar surface area (TPSA) is 97.1 Å². The van der Waals surface area contributed by atoms with E-state index >= 15 is 0 Å². The van der Waals surface area contributed by atoms with E-state index in [0.29, 0.717) is 11.2 Å². The first kappa shape index (κ1) is 14.6. The van der Waals surface area contributed by atoms with Crippen LogP contribution in [0.4, 0.5) is 5.69 Å².